The molecule has 2 atom stereocenters. The second-order valence-electron chi connectivity index (χ2n) is 15.7. The lowest BCUT2D eigenvalue weighted by Gasteiger charge is -2.24. The molecule has 2 unspecified atom stereocenters. The number of ether oxygens (including phenoxy) is 2. The number of hydrogen-bond acceptors (Lipinski definition) is 6. The monoisotopic (exact) mass is 807 g/mol. The molecule has 0 aliphatic carbocycles. The Morgan fingerprint density at radius 1 is 0.571 bits per heavy atom. The van der Waals surface area contributed by atoms with Crippen LogP contribution in [0.5, 0.6) is 0 Å². The zero-order valence-electron chi connectivity index (χ0n) is 36.6. The third kappa shape index (κ3) is 43.1. The number of hydrogen-bond donors (Lipinski definition) is 1. The van der Waals surface area contributed by atoms with Gasteiger partial charge >= 0.3 is 13.8 Å². The number of quaternary nitrogens is 1. The summed E-state index contributed by atoms with van der Waals surface area (Å²) < 4.78 is 34.9. The van der Waals surface area contributed by atoms with E-state index in [4.69, 9.17) is 18.5 Å². The summed E-state index contributed by atoms with van der Waals surface area (Å²) in [5, 5.41) is 0. The summed E-state index contributed by atoms with van der Waals surface area (Å²) in [7, 11) is 1.64. The van der Waals surface area contributed by atoms with E-state index in [0.29, 0.717) is 24.1 Å². The Labute approximate surface area is 344 Å². The first-order chi connectivity index (χ1) is 27.1. The molecule has 0 amide bonds. The van der Waals surface area contributed by atoms with Gasteiger partial charge in [-0.3, -0.25) is 13.8 Å². The Balaban J connectivity index is 4.29. The van der Waals surface area contributed by atoms with Gasteiger partial charge in [-0.1, -0.05) is 164 Å². The number of phosphoric acid groups is 1. The number of phosphoric ester groups is 1. The van der Waals surface area contributed by atoms with Crippen molar-refractivity contribution in [1.82, 2.24) is 0 Å². The van der Waals surface area contributed by atoms with Gasteiger partial charge in [-0.05, 0) is 64.2 Å². The van der Waals surface area contributed by atoms with Crippen LogP contribution in [0.25, 0.3) is 0 Å². The van der Waals surface area contributed by atoms with Crippen molar-refractivity contribution < 1.29 is 37.3 Å². The molecule has 0 aliphatic rings. The van der Waals surface area contributed by atoms with Crippen LogP contribution in [0.4, 0.5) is 0 Å². The van der Waals surface area contributed by atoms with Crippen LogP contribution in [0.3, 0.4) is 0 Å². The molecule has 0 spiro atoms. The van der Waals surface area contributed by atoms with Crippen LogP contribution >= 0.6 is 7.82 Å². The second kappa shape index (κ2) is 39.8. The highest BCUT2D eigenvalue weighted by molar-refractivity contribution is 7.47. The average molecular weight is 807 g/mol. The molecule has 9 heteroatoms. The number of allylic oxidation sites excluding steroid dienone is 12. The molecule has 1 N–H and O–H groups in total. The molecular weight excluding hydrogens is 721 g/mol. The van der Waals surface area contributed by atoms with Crippen LogP contribution in [0, 0.1) is 0 Å². The molecule has 0 heterocycles. The van der Waals surface area contributed by atoms with Gasteiger partial charge in [0.05, 0.1) is 34.4 Å². The summed E-state index contributed by atoms with van der Waals surface area (Å²) in [5.41, 5.74) is 0. The van der Waals surface area contributed by atoms with Crippen molar-refractivity contribution >= 4 is 13.8 Å². The average Bonchev–Trinajstić information content (AvgIpc) is 3.15. The van der Waals surface area contributed by atoms with Gasteiger partial charge in [0.25, 0.3) is 0 Å². The van der Waals surface area contributed by atoms with Crippen molar-refractivity contribution in [1.29, 1.82) is 0 Å². The number of carbonyl (C=O) groups excluding carboxylic acids is 1. The zero-order valence-corrected chi connectivity index (χ0v) is 37.5. The van der Waals surface area contributed by atoms with E-state index in [-0.39, 0.29) is 25.8 Å². The molecule has 8 nitrogen and oxygen atoms in total. The Morgan fingerprint density at radius 2 is 1.04 bits per heavy atom. The van der Waals surface area contributed by atoms with Gasteiger partial charge in [-0.15, -0.1) is 0 Å². The number of likely N-dealkylation sites (N-methyl/N-ethyl adjacent to an activating group) is 1. The van der Waals surface area contributed by atoms with Gasteiger partial charge in [-0.25, -0.2) is 4.57 Å². The summed E-state index contributed by atoms with van der Waals surface area (Å²) in [6.45, 7) is 5.40. The molecule has 0 aliphatic heterocycles. The zero-order chi connectivity index (χ0) is 41.3. The van der Waals surface area contributed by atoms with E-state index in [2.05, 4.69) is 86.8 Å². The fraction of sp³-hybridized carbons (Fsp3) is 0.723. The van der Waals surface area contributed by atoms with E-state index >= 15 is 0 Å². The van der Waals surface area contributed by atoms with Crippen LogP contribution < -0.4 is 0 Å². The van der Waals surface area contributed by atoms with E-state index in [1.807, 2.05) is 21.1 Å². The third-order valence-corrected chi connectivity index (χ3v) is 10.0. The van der Waals surface area contributed by atoms with E-state index in [9.17, 15) is 14.3 Å². The third-order valence-electron chi connectivity index (χ3n) is 9.03. The van der Waals surface area contributed by atoms with E-state index in [1.54, 1.807) is 0 Å². The van der Waals surface area contributed by atoms with Crippen LogP contribution in [-0.4, -0.2) is 75.6 Å². The SMILES string of the molecule is CC/C=C\C/C=C\C/C=C\C/C=C\C/C=C\C/C=C\CCCCCOCC(COP(=O)(O)OCC[N+](C)(C)C)OC(=O)CCCCCCCCCCCCCC. The molecule has 0 saturated heterocycles. The number of esters is 1. The van der Waals surface area contributed by atoms with Crippen molar-refractivity contribution in [2.75, 3.05) is 54.1 Å². The molecule has 0 aromatic heterocycles. The first kappa shape index (κ1) is 53.9. The molecule has 0 rings (SSSR count). The lowest BCUT2D eigenvalue weighted by Crippen LogP contribution is -2.37. The van der Waals surface area contributed by atoms with Crippen molar-refractivity contribution in [2.45, 2.75) is 168 Å². The maximum atomic E-state index is 12.7. The summed E-state index contributed by atoms with van der Waals surface area (Å²) in [6, 6.07) is 0. The van der Waals surface area contributed by atoms with Crippen LogP contribution in [0.15, 0.2) is 72.9 Å². The van der Waals surface area contributed by atoms with Crippen LogP contribution in [0.1, 0.15) is 162 Å². The van der Waals surface area contributed by atoms with Gasteiger partial charge in [0.1, 0.15) is 19.3 Å². The normalized spacial score (nSPS) is 14.5. The van der Waals surface area contributed by atoms with E-state index < -0.39 is 13.9 Å². The second-order valence-corrected chi connectivity index (χ2v) is 17.2. The molecule has 324 valence electrons. The Morgan fingerprint density at radius 3 is 1.54 bits per heavy atom. The summed E-state index contributed by atoms with van der Waals surface area (Å²) in [4.78, 5) is 22.9. The van der Waals surface area contributed by atoms with Gasteiger partial charge in [-0.2, -0.15) is 0 Å². The minimum absolute atomic E-state index is 0.0791. The summed E-state index contributed by atoms with van der Waals surface area (Å²) in [6.07, 6.45) is 50.8. The summed E-state index contributed by atoms with van der Waals surface area (Å²) >= 11 is 0. The maximum absolute atomic E-state index is 12.7. The lowest BCUT2D eigenvalue weighted by molar-refractivity contribution is -0.870. The molecule has 0 bridgehead atoms. The lowest BCUT2D eigenvalue weighted by atomic mass is 10.0. The highest BCUT2D eigenvalue weighted by Crippen LogP contribution is 2.43. The number of nitrogens with zero attached hydrogens (tertiary/aromatic N) is 1. The van der Waals surface area contributed by atoms with Gasteiger partial charge in [0.15, 0.2) is 0 Å². The van der Waals surface area contributed by atoms with E-state index in [1.165, 1.54) is 57.8 Å². The molecular formula is C47H85NO7P+. The molecule has 0 aromatic carbocycles. The van der Waals surface area contributed by atoms with Crippen molar-refractivity contribution in [3.63, 3.8) is 0 Å². The maximum Gasteiger partial charge on any atom is 0.472 e. The van der Waals surface area contributed by atoms with E-state index in [0.717, 1.165) is 83.5 Å². The predicted molar refractivity (Wildman–Crippen MR) is 238 cm³/mol. The van der Waals surface area contributed by atoms with Crippen molar-refractivity contribution in [2.24, 2.45) is 0 Å². The minimum Gasteiger partial charge on any atom is -0.457 e. The number of rotatable bonds is 40. The topological polar surface area (TPSA) is 91.3 Å². The van der Waals surface area contributed by atoms with Gasteiger partial charge < -0.3 is 18.9 Å². The predicted octanol–water partition coefficient (Wildman–Crippen LogP) is 13.1. The van der Waals surface area contributed by atoms with Gasteiger partial charge in [0, 0.05) is 13.0 Å². The molecule has 0 aromatic rings. The summed E-state index contributed by atoms with van der Waals surface area (Å²) in [5.74, 6) is -0.329. The van der Waals surface area contributed by atoms with Crippen LogP contribution in [0.2, 0.25) is 0 Å². The highest BCUT2D eigenvalue weighted by atomic mass is 31.2. The number of carbonyl (C=O) groups is 1. The van der Waals surface area contributed by atoms with Gasteiger partial charge in [0.2, 0.25) is 0 Å². The Kier molecular flexibility index (Phi) is 38.3. The van der Waals surface area contributed by atoms with Crippen molar-refractivity contribution in [3.8, 4) is 0 Å². The first-order valence-corrected chi connectivity index (χ1v) is 23.7. The minimum atomic E-state index is -4.28. The highest BCUT2D eigenvalue weighted by Gasteiger charge is 2.26. The van der Waals surface area contributed by atoms with Crippen molar-refractivity contribution in [3.05, 3.63) is 72.9 Å². The molecule has 0 radical (unpaired) electrons. The largest absolute Gasteiger partial charge is 0.472 e. The fourth-order valence-corrected chi connectivity index (χ4v) is 6.35. The number of unbranched alkanes of at least 4 members (excludes halogenated alkanes) is 14. The molecule has 0 saturated carbocycles. The first-order valence-electron chi connectivity index (χ1n) is 22.2. The molecule has 0 fully saturated rings. The Hall–Kier alpha value is -2.06. The smallest absolute Gasteiger partial charge is 0.457 e. The van der Waals surface area contributed by atoms with Crippen LogP contribution in [-0.2, 0) is 27.9 Å². The Bertz CT molecular complexity index is 1120. The molecule has 56 heavy (non-hydrogen) atoms. The fourth-order valence-electron chi connectivity index (χ4n) is 5.61. The standard InChI is InChI=1S/C47H84NO7P/c1-6-8-10-12-14-16-18-20-21-22-23-24-25-26-27-28-29-31-33-35-37-39-42-52-44-46(45-54-56(50,51)53-43-41-48(3,4)5)55-47(49)40-38-36-34-32-30-19-17-15-13-11-9-7-2/h8,10,14,16,20-21,23-24,26-27,29,31,46H,6-7,9,11-13,15,17-19,22,25,28,30,32-45H2,1-5H3/p+1/b10-8-,16-14-,21-20-,24-23-,27-26-,31-29-. The quantitative estimate of drug-likeness (QED) is 0.0217.